The van der Waals surface area contributed by atoms with E-state index in [1.54, 1.807) is 0 Å². The lowest BCUT2D eigenvalue weighted by atomic mass is 10.1. The lowest BCUT2D eigenvalue weighted by Crippen LogP contribution is -2.36. The third kappa shape index (κ3) is 4.42. The standard InChI is InChI=1S/C11H21N3/c1-11(2,3)12-8-5-6-10-7-9-14(4)13-10/h7,9,12H,5-6,8H2,1-4H3. The van der Waals surface area contributed by atoms with Crippen molar-refractivity contribution in [1.82, 2.24) is 15.1 Å². The van der Waals surface area contributed by atoms with Crippen molar-refractivity contribution in [2.75, 3.05) is 6.54 Å². The number of nitrogens with zero attached hydrogens (tertiary/aromatic N) is 2. The molecule has 0 fully saturated rings. The number of aromatic nitrogens is 2. The van der Waals surface area contributed by atoms with Crippen LogP contribution in [0.25, 0.3) is 0 Å². The molecular weight excluding hydrogens is 174 g/mol. The van der Waals surface area contributed by atoms with Crippen LogP contribution in [0.3, 0.4) is 0 Å². The van der Waals surface area contributed by atoms with Crippen molar-refractivity contribution in [3.8, 4) is 0 Å². The van der Waals surface area contributed by atoms with Gasteiger partial charge in [0.25, 0.3) is 0 Å². The van der Waals surface area contributed by atoms with Gasteiger partial charge in [-0.05, 0) is 46.2 Å². The maximum atomic E-state index is 4.33. The molecule has 3 nitrogen and oxygen atoms in total. The summed E-state index contributed by atoms with van der Waals surface area (Å²) < 4.78 is 1.85. The molecule has 0 unspecified atom stereocenters. The molecule has 0 spiro atoms. The fourth-order valence-corrected chi connectivity index (χ4v) is 1.33. The van der Waals surface area contributed by atoms with Crippen molar-refractivity contribution >= 4 is 0 Å². The summed E-state index contributed by atoms with van der Waals surface area (Å²) in [6.45, 7) is 7.62. The molecule has 1 N–H and O–H groups in total. The average molecular weight is 195 g/mol. The smallest absolute Gasteiger partial charge is 0.0624 e. The van der Waals surface area contributed by atoms with E-state index >= 15 is 0 Å². The molecule has 0 amide bonds. The predicted octanol–water partition coefficient (Wildman–Crippen LogP) is 1.74. The average Bonchev–Trinajstić information content (AvgIpc) is 2.44. The van der Waals surface area contributed by atoms with Gasteiger partial charge in [0.05, 0.1) is 5.69 Å². The summed E-state index contributed by atoms with van der Waals surface area (Å²) >= 11 is 0. The third-order valence-electron chi connectivity index (χ3n) is 2.03. The van der Waals surface area contributed by atoms with Gasteiger partial charge in [0.2, 0.25) is 0 Å². The topological polar surface area (TPSA) is 29.9 Å². The van der Waals surface area contributed by atoms with Gasteiger partial charge in [0.1, 0.15) is 0 Å². The summed E-state index contributed by atoms with van der Waals surface area (Å²) in [5.74, 6) is 0. The summed E-state index contributed by atoms with van der Waals surface area (Å²) in [7, 11) is 1.96. The fraction of sp³-hybridized carbons (Fsp3) is 0.727. The molecule has 0 aliphatic heterocycles. The van der Waals surface area contributed by atoms with E-state index in [-0.39, 0.29) is 5.54 Å². The maximum absolute atomic E-state index is 4.33. The molecule has 0 saturated carbocycles. The second kappa shape index (κ2) is 4.60. The van der Waals surface area contributed by atoms with Crippen LogP contribution in [-0.4, -0.2) is 21.9 Å². The number of nitrogens with one attached hydrogen (secondary N) is 1. The molecule has 0 aliphatic carbocycles. The number of hydrogen-bond acceptors (Lipinski definition) is 2. The first kappa shape index (κ1) is 11.2. The van der Waals surface area contributed by atoms with Crippen LogP contribution in [0.2, 0.25) is 0 Å². The summed E-state index contributed by atoms with van der Waals surface area (Å²) in [4.78, 5) is 0. The van der Waals surface area contributed by atoms with Crippen LogP contribution >= 0.6 is 0 Å². The van der Waals surface area contributed by atoms with Crippen molar-refractivity contribution in [2.45, 2.75) is 39.2 Å². The van der Waals surface area contributed by atoms with Crippen LogP contribution in [0.4, 0.5) is 0 Å². The summed E-state index contributed by atoms with van der Waals surface area (Å²) in [6.07, 6.45) is 4.20. The van der Waals surface area contributed by atoms with Gasteiger partial charge in [-0.3, -0.25) is 4.68 Å². The SMILES string of the molecule is Cn1ccc(CCCNC(C)(C)C)n1. The Bertz CT molecular complexity index is 270. The van der Waals surface area contributed by atoms with Gasteiger partial charge in [0, 0.05) is 18.8 Å². The van der Waals surface area contributed by atoms with Crippen molar-refractivity contribution in [3.63, 3.8) is 0 Å². The molecule has 80 valence electrons. The molecule has 1 rings (SSSR count). The third-order valence-corrected chi connectivity index (χ3v) is 2.03. The summed E-state index contributed by atoms with van der Waals surface area (Å²) in [5, 5.41) is 7.80. The number of hydrogen-bond donors (Lipinski definition) is 1. The lowest BCUT2D eigenvalue weighted by molar-refractivity contribution is 0.421. The first-order valence-corrected chi connectivity index (χ1v) is 5.21. The van der Waals surface area contributed by atoms with Gasteiger partial charge in [-0.15, -0.1) is 0 Å². The maximum Gasteiger partial charge on any atom is 0.0624 e. The molecule has 14 heavy (non-hydrogen) atoms. The minimum absolute atomic E-state index is 0.226. The van der Waals surface area contributed by atoms with Crippen LogP contribution < -0.4 is 5.32 Å². The molecule has 0 radical (unpaired) electrons. The van der Waals surface area contributed by atoms with Crippen molar-refractivity contribution in [1.29, 1.82) is 0 Å². The van der Waals surface area contributed by atoms with E-state index < -0.39 is 0 Å². The molecule has 0 atom stereocenters. The Labute approximate surface area is 86.5 Å². The van der Waals surface area contributed by atoms with Crippen molar-refractivity contribution < 1.29 is 0 Å². The van der Waals surface area contributed by atoms with Crippen LogP contribution in [0, 0.1) is 0 Å². The number of rotatable bonds is 4. The largest absolute Gasteiger partial charge is 0.312 e. The van der Waals surface area contributed by atoms with E-state index in [2.05, 4.69) is 37.3 Å². The zero-order chi connectivity index (χ0) is 10.6. The molecule has 1 aromatic rings. The molecule has 0 bridgehead atoms. The first-order chi connectivity index (χ1) is 6.47. The Morgan fingerprint density at radius 1 is 1.43 bits per heavy atom. The van der Waals surface area contributed by atoms with Crippen LogP contribution in [0.5, 0.6) is 0 Å². The van der Waals surface area contributed by atoms with Crippen LogP contribution in [0.15, 0.2) is 12.3 Å². The van der Waals surface area contributed by atoms with Gasteiger partial charge in [0.15, 0.2) is 0 Å². The van der Waals surface area contributed by atoms with E-state index in [0.717, 1.165) is 19.4 Å². The highest BCUT2D eigenvalue weighted by Gasteiger charge is 2.07. The van der Waals surface area contributed by atoms with Crippen LogP contribution in [0.1, 0.15) is 32.9 Å². The molecule has 0 aliphatic rings. The second-order valence-electron chi connectivity index (χ2n) is 4.76. The Balaban J connectivity index is 2.16. The zero-order valence-corrected chi connectivity index (χ0v) is 9.67. The molecule has 3 heteroatoms. The Morgan fingerprint density at radius 2 is 2.14 bits per heavy atom. The van der Waals surface area contributed by atoms with Gasteiger partial charge >= 0.3 is 0 Å². The van der Waals surface area contributed by atoms with E-state index in [4.69, 9.17) is 0 Å². The van der Waals surface area contributed by atoms with E-state index in [0.29, 0.717) is 0 Å². The monoisotopic (exact) mass is 195 g/mol. The predicted molar refractivity (Wildman–Crippen MR) is 59.3 cm³/mol. The minimum Gasteiger partial charge on any atom is -0.312 e. The van der Waals surface area contributed by atoms with Gasteiger partial charge in [-0.1, -0.05) is 0 Å². The highest BCUT2D eigenvalue weighted by Crippen LogP contribution is 2.01. The minimum atomic E-state index is 0.226. The quantitative estimate of drug-likeness (QED) is 0.742. The number of aryl methyl sites for hydroxylation is 2. The van der Waals surface area contributed by atoms with Crippen molar-refractivity contribution in [3.05, 3.63) is 18.0 Å². The Kier molecular flexibility index (Phi) is 3.69. The fourth-order valence-electron chi connectivity index (χ4n) is 1.33. The summed E-state index contributed by atoms with van der Waals surface area (Å²) in [5.41, 5.74) is 1.41. The summed E-state index contributed by atoms with van der Waals surface area (Å²) in [6, 6.07) is 2.08. The van der Waals surface area contributed by atoms with Gasteiger partial charge in [-0.2, -0.15) is 5.10 Å². The molecule has 1 aromatic heterocycles. The molecule has 1 heterocycles. The first-order valence-electron chi connectivity index (χ1n) is 5.21. The van der Waals surface area contributed by atoms with Gasteiger partial charge < -0.3 is 5.32 Å². The van der Waals surface area contributed by atoms with E-state index in [9.17, 15) is 0 Å². The molecular formula is C11H21N3. The van der Waals surface area contributed by atoms with E-state index in [1.165, 1.54) is 5.69 Å². The van der Waals surface area contributed by atoms with E-state index in [1.807, 2.05) is 17.9 Å². The normalized spacial score (nSPS) is 12.0. The lowest BCUT2D eigenvalue weighted by Gasteiger charge is -2.20. The van der Waals surface area contributed by atoms with Crippen LogP contribution in [-0.2, 0) is 13.5 Å². The zero-order valence-electron chi connectivity index (χ0n) is 9.67. The highest BCUT2D eigenvalue weighted by atomic mass is 15.2. The molecule has 0 aromatic carbocycles. The highest BCUT2D eigenvalue weighted by molar-refractivity contribution is 4.98. The second-order valence-corrected chi connectivity index (χ2v) is 4.76. The van der Waals surface area contributed by atoms with Crippen molar-refractivity contribution in [2.24, 2.45) is 7.05 Å². The molecule has 0 saturated heterocycles. The Hall–Kier alpha value is -0.830. The van der Waals surface area contributed by atoms with Gasteiger partial charge in [-0.25, -0.2) is 0 Å². The Morgan fingerprint density at radius 3 is 2.64 bits per heavy atom.